The van der Waals surface area contributed by atoms with Gasteiger partial charge >= 0.3 is 12.1 Å². The van der Waals surface area contributed by atoms with E-state index in [9.17, 15) is 29.4 Å². The van der Waals surface area contributed by atoms with Crippen LogP contribution in [0.4, 0.5) is 4.79 Å². The number of ether oxygens (including phenoxy) is 1. The number of aliphatic hydroxyl groups is 1. The largest absolute Gasteiger partial charge is 0.480 e. The number of benzene rings is 1. The van der Waals surface area contributed by atoms with E-state index in [2.05, 4.69) is 15.6 Å². The number of likely N-dealkylation sites (tertiary alicyclic amines) is 1. The molecule has 3 atom stereocenters. The van der Waals surface area contributed by atoms with E-state index < -0.39 is 48.6 Å². The maximum atomic E-state index is 12.8. The van der Waals surface area contributed by atoms with Crippen LogP contribution in [0, 0.1) is 0 Å². The zero-order chi connectivity index (χ0) is 25.8. The molecule has 1 fully saturated rings. The molecule has 1 aliphatic heterocycles. The number of nitrogens with two attached hydrogens (primary N) is 2. The number of aliphatic imine (C=N–C) groups is 1. The first-order chi connectivity index (χ1) is 16.7. The SMILES string of the molecule is NC(N)=NCCC[C@@H](NC(=O)[C@@H](CO)NC(=O)[C@@H]1CCCN1C(=O)OCc1ccccc1)C(=O)O. The van der Waals surface area contributed by atoms with Crippen LogP contribution in [0.1, 0.15) is 31.2 Å². The fourth-order valence-corrected chi connectivity index (χ4v) is 3.56. The van der Waals surface area contributed by atoms with Gasteiger partial charge in [0, 0.05) is 13.1 Å². The Hall–Kier alpha value is -3.87. The third-order valence-electron chi connectivity index (χ3n) is 5.37. The zero-order valence-corrected chi connectivity index (χ0v) is 19.3. The minimum atomic E-state index is -1.40. The Morgan fingerprint density at radius 3 is 2.49 bits per heavy atom. The van der Waals surface area contributed by atoms with Gasteiger partial charge in [0.15, 0.2) is 5.96 Å². The van der Waals surface area contributed by atoms with Gasteiger partial charge < -0.3 is 37.1 Å². The Balaban J connectivity index is 1.91. The van der Waals surface area contributed by atoms with Crippen LogP contribution >= 0.6 is 0 Å². The van der Waals surface area contributed by atoms with Crippen molar-refractivity contribution in [3.8, 4) is 0 Å². The van der Waals surface area contributed by atoms with E-state index in [4.69, 9.17) is 16.2 Å². The number of rotatable bonds is 12. The first kappa shape index (κ1) is 27.4. The molecule has 35 heavy (non-hydrogen) atoms. The van der Waals surface area contributed by atoms with Crippen LogP contribution < -0.4 is 22.1 Å². The van der Waals surface area contributed by atoms with Crippen LogP contribution in [0.2, 0.25) is 0 Å². The number of guanidine groups is 1. The summed E-state index contributed by atoms with van der Waals surface area (Å²) in [5.41, 5.74) is 11.2. The van der Waals surface area contributed by atoms with Crippen molar-refractivity contribution in [3.05, 3.63) is 35.9 Å². The molecule has 1 aliphatic rings. The number of carbonyl (C=O) groups is 4. The number of hydrogen-bond acceptors (Lipinski definition) is 7. The van der Waals surface area contributed by atoms with Crippen LogP contribution in [-0.4, -0.2) is 82.8 Å². The van der Waals surface area contributed by atoms with Gasteiger partial charge in [0.1, 0.15) is 24.7 Å². The third kappa shape index (κ3) is 8.77. The van der Waals surface area contributed by atoms with E-state index in [0.29, 0.717) is 19.4 Å². The lowest BCUT2D eigenvalue weighted by Gasteiger charge is -2.26. The first-order valence-electron chi connectivity index (χ1n) is 11.2. The number of nitrogens with one attached hydrogen (secondary N) is 2. The van der Waals surface area contributed by atoms with Crippen molar-refractivity contribution >= 4 is 29.8 Å². The monoisotopic (exact) mass is 492 g/mol. The normalized spacial score (nSPS) is 16.6. The number of nitrogens with zero attached hydrogens (tertiary/aromatic N) is 2. The van der Waals surface area contributed by atoms with Crippen molar-refractivity contribution in [1.29, 1.82) is 0 Å². The summed E-state index contributed by atoms with van der Waals surface area (Å²) >= 11 is 0. The summed E-state index contributed by atoms with van der Waals surface area (Å²) in [5, 5.41) is 23.7. The highest BCUT2D eigenvalue weighted by molar-refractivity contribution is 5.93. The Labute approximate surface area is 202 Å². The molecule has 0 radical (unpaired) electrons. The fraction of sp³-hybridized carbons (Fsp3) is 0.500. The molecule has 0 unspecified atom stereocenters. The van der Waals surface area contributed by atoms with Gasteiger partial charge in [-0.2, -0.15) is 0 Å². The molecule has 0 aliphatic carbocycles. The molecule has 1 saturated heterocycles. The van der Waals surface area contributed by atoms with Gasteiger partial charge in [0.05, 0.1) is 6.61 Å². The van der Waals surface area contributed by atoms with Crippen molar-refractivity contribution in [1.82, 2.24) is 15.5 Å². The highest BCUT2D eigenvalue weighted by Crippen LogP contribution is 2.19. The van der Waals surface area contributed by atoms with E-state index in [1.807, 2.05) is 18.2 Å². The molecule has 1 aromatic carbocycles. The van der Waals surface area contributed by atoms with E-state index in [1.54, 1.807) is 12.1 Å². The Morgan fingerprint density at radius 2 is 1.86 bits per heavy atom. The van der Waals surface area contributed by atoms with E-state index in [1.165, 1.54) is 4.90 Å². The Kier molecular flexibility index (Phi) is 10.8. The molecule has 0 bridgehead atoms. The molecule has 0 saturated carbocycles. The number of hydrogen-bond donors (Lipinski definition) is 6. The topological polar surface area (TPSA) is 210 Å². The minimum Gasteiger partial charge on any atom is -0.480 e. The van der Waals surface area contributed by atoms with Crippen molar-refractivity contribution in [2.45, 2.75) is 50.4 Å². The highest BCUT2D eigenvalue weighted by Gasteiger charge is 2.37. The molecular formula is C22H32N6O7. The summed E-state index contributed by atoms with van der Waals surface area (Å²) in [5.74, 6) is -2.93. The summed E-state index contributed by atoms with van der Waals surface area (Å²) in [7, 11) is 0. The van der Waals surface area contributed by atoms with Crippen molar-refractivity contribution in [2.75, 3.05) is 19.7 Å². The Morgan fingerprint density at radius 1 is 1.14 bits per heavy atom. The molecule has 0 spiro atoms. The number of carboxylic acids is 1. The lowest BCUT2D eigenvalue weighted by Crippen LogP contribution is -2.56. The van der Waals surface area contributed by atoms with Crippen LogP contribution in [-0.2, 0) is 25.7 Å². The standard InChI is InChI=1S/C22H32N6O7/c23-21(24)25-10-4-8-15(20(32)33)26-18(30)16(12-29)27-19(31)17-9-5-11-28(17)22(34)35-13-14-6-2-1-3-7-14/h1-3,6-7,15-17,29H,4-5,8-13H2,(H,26,30)(H,27,31)(H,32,33)(H4,23,24,25)/t15-,16-,17+/m1/s1. The summed E-state index contributed by atoms with van der Waals surface area (Å²) in [4.78, 5) is 54.3. The van der Waals surface area contributed by atoms with Gasteiger partial charge in [-0.3, -0.25) is 19.5 Å². The van der Waals surface area contributed by atoms with Gasteiger partial charge in [0.2, 0.25) is 11.8 Å². The summed E-state index contributed by atoms with van der Waals surface area (Å²) in [6.45, 7) is -0.229. The highest BCUT2D eigenvalue weighted by atomic mass is 16.6. The molecule has 8 N–H and O–H groups in total. The molecule has 13 heteroatoms. The van der Waals surface area contributed by atoms with Gasteiger partial charge in [-0.1, -0.05) is 30.3 Å². The van der Waals surface area contributed by atoms with E-state index in [0.717, 1.165) is 5.56 Å². The number of amides is 3. The van der Waals surface area contributed by atoms with Crippen LogP contribution in [0.5, 0.6) is 0 Å². The fourth-order valence-electron chi connectivity index (χ4n) is 3.56. The quantitative estimate of drug-likeness (QED) is 0.118. The van der Waals surface area contributed by atoms with Crippen LogP contribution in [0.3, 0.4) is 0 Å². The molecule has 1 aromatic rings. The van der Waals surface area contributed by atoms with Gasteiger partial charge in [-0.15, -0.1) is 0 Å². The molecule has 1 heterocycles. The van der Waals surface area contributed by atoms with Gasteiger partial charge in [-0.05, 0) is 31.2 Å². The molecule has 2 rings (SSSR count). The second-order valence-corrected chi connectivity index (χ2v) is 7.98. The van der Waals surface area contributed by atoms with Crippen molar-refractivity contribution in [2.24, 2.45) is 16.5 Å². The number of aliphatic carboxylic acids is 1. The number of aliphatic hydroxyl groups excluding tert-OH is 1. The molecular weight excluding hydrogens is 460 g/mol. The maximum Gasteiger partial charge on any atom is 0.410 e. The molecule has 3 amide bonds. The first-order valence-corrected chi connectivity index (χ1v) is 11.2. The Bertz CT molecular complexity index is 907. The summed E-state index contributed by atoms with van der Waals surface area (Å²) in [6.07, 6.45) is 0.573. The predicted octanol–water partition coefficient (Wildman–Crippen LogP) is -1.11. The summed E-state index contributed by atoms with van der Waals surface area (Å²) < 4.78 is 5.30. The molecule has 192 valence electrons. The molecule has 0 aromatic heterocycles. The average Bonchev–Trinajstić information content (AvgIpc) is 3.33. The van der Waals surface area contributed by atoms with Crippen molar-refractivity contribution < 1.29 is 34.1 Å². The number of carboxylic acid groups (broad SMARTS) is 1. The predicted molar refractivity (Wildman–Crippen MR) is 125 cm³/mol. The van der Waals surface area contributed by atoms with Gasteiger partial charge in [-0.25, -0.2) is 9.59 Å². The number of carbonyl (C=O) groups excluding carboxylic acids is 3. The average molecular weight is 493 g/mol. The van der Waals surface area contributed by atoms with Crippen LogP contribution in [0.25, 0.3) is 0 Å². The van der Waals surface area contributed by atoms with Gasteiger partial charge in [0.25, 0.3) is 0 Å². The van der Waals surface area contributed by atoms with E-state index >= 15 is 0 Å². The smallest absolute Gasteiger partial charge is 0.410 e. The third-order valence-corrected chi connectivity index (χ3v) is 5.37. The second kappa shape index (κ2) is 13.7. The zero-order valence-electron chi connectivity index (χ0n) is 19.3. The minimum absolute atomic E-state index is 0.0353. The summed E-state index contributed by atoms with van der Waals surface area (Å²) in [6, 6.07) is 5.53. The van der Waals surface area contributed by atoms with Crippen molar-refractivity contribution in [3.63, 3.8) is 0 Å². The van der Waals surface area contributed by atoms with E-state index in [-0.39, 0.29) is 32.0 Å². The van der Waals surface area contributed by atoms with Crippen LogP contribution in [0.15, 0.2) is 35.3 Å². The second-order valence-electron chi connectivity index (χ2n) is 7.98. The lowest BCUT2D eigenvalue weighted by atomic mass is 10.1. The molecule has 13 nitrogen and oxygen atoms in total. The lowest BCUT2D eigenvalue weighted by molar-refractivity contribution is -0.142. The maximum absolute atomic E-state index is 12.8.